The van der Waals surface area contributed by atoms with Crippen molar-refractivity contribution in [2.75, 3.05) is 0 Å². The SMILES string of the molecule is Cc1noc(C)c1CSC(C)C(=O)NC1CCCC1. The van der Waals surface area contributed by atoms with Gasteiger partial charge in [-0.3, -0.25) is 4.79 Å². The van der Waals surface area contributed by atoms with E-state index < -0.39 is 0 Å². The molecule has 1 aliphatic carbocycles. The summed E-state index contributed by atoms with van der Waals surface area (Å²) in [6.45, 7) is 5.82. The number of hydrogen-bond donors (Lipinski definition) is 1. The third kappa shape index (κ3) is 3.75. The van der Waals surface area contributed by atoms with E-state index in [0.29, 0.717) is 6.04 Å². The van der Waals surface area contributed by atoms with Gasteiger partial charge in [-0.25, -0.2) is 0 Å². The molecule has 1 heterocycles. The number of rotatable bonds is 5. The Morgan fingerprint density at radius 2 is 2.16 bits per heavy atom. The minimum absolute atomic E-state index is 0.0331. The van der Waals surface area contributed by atoms with Crippen LogP contribution in [0.2, 0.25) is 0 Å². The van der Waals surface area contributed by atoms with Crippen LogP contribution in [0.5, 0.6) is 0 Å². The Hall–Kier alpha value is -0.970. The molecule has 1 unspecified atom stereocenters. The summed E-state index contributed by atoms with van der Waals surface area (Å²) in [5, 5.41) is 7.04. The highest BCUT2D eigenvalue weighted by Crippen LogP contribution is 2.24. The number of amides is 1. The average molecular weight is 282 g/mol. The molecule has 1 aliphatic rings. The standard InChI is InChI=1S/C14H22N2O2S/c1-9-13(10(2)18-16-9)8-19-11(3)14(17)15-12-6-4-5-7-12/h11-12H,4-8H2,1-3H3,(H,15,17). The molecule has 5 heteroatoms. The molecule has 0 spiro atoms. The van der Waals surface area contributed by atoms with Crippen LogP contribution in [0.4, 0.5) is 0 Å². The van der Waals surface area contributed by atoms with Crippen LogP contribution in [-0.2, 0) is 10.5 Å². The largest absolute Gasteiger partial charge is 0.361 e. The Morgan fingerprint density at radius 3 is 2.74 bits per heavy atom. The van der Waals surface area contributed by atoms with E-state index in [1.54, 1.807) is 11.8 Å². The molecular formula is C14H22N2O2S. The minimum Gasteiger partial charge on any atom is -0.361 e. The molecule has 1 aromatic rings. The van der Waals surface area contributed by atoms with Crippen LogP contribution in [0.25, 0.3) is 0 Å². The van der Waals surface area contributed by atoms with Crippen LogP contribution >= 0.6 is 11.8 Å². The zero-order valence-electron chi connectivity index (χ0n) is 11.9. The number of nitrogens with one attached hydrogen (secondary N) is 1. The second-order valence-electron chi connectivity index (χ2n) is 5.25. The van der Waals surface area contributed by atoms with Gasteiger partial charge in [-0.05, 0) is 33.6 Å². The molecule has 106 valence electrons. The first-order chi connectivity index (χ1) is 9.08. The highest BCUT2D eigenvalue weighted by molar-refractivity contribution is 7.99. The maximum absolute atomic E-state index is 12.1. The fourth-order valence-electron chi connectivity index (χ4n) is 2.38. The summed E-state index contributed by atoms with van der Waals surface area (Å²) in [4.78, 5) is 12.1. The Kier molecular flexibility index (Phi) is 4.91. The van der Waals surface area contributed by atoms with Gasteiger partial charge in [0.25, 0.3) is 0 Å². The van der Waals surface area contributed by atoms with Gasteiger partial charge in [-0.15, -0.1) is 11.8 Å². The van der Waals surface area contributed by atoms with Gasteiger partial charge in [0.05, 0.1) is 10.9 Å². The number of nitrogens with zero attached hydrogens (tertiary/aromatic N) is 1. The van der Waals surface area contributed by atoms with E-state index in [4.69, 9.17) is 4.52 Å². The van der Waals surface area contributed by atoms with Gasteiger partial charge >= 0.3 is 0 Å². The van der Waals surface area contributed by atoms with E-state index in [2.05, 4.69) is 10.5 Å². The van der Waals surface area contributed by atoms with Gasteiger partial charge in [0, 0.05) is 17.4 Å². The van der Waals surface area contributed by atoms with E-state index in [1.807, 2.05) is 20.8 Å². The van der Waals surface area contributed by atoms with Crippen LogP contribution in [-0.4, -0.2) is 22.4 Å². The molecule has 0 aromatic carbocycles. The van der Waals surface area contributed by atoms with E-state index in [1.165, 1.54) is 12.8 Å². The third-order valence-corrected chi connectivity index (χ3v) is 4.90. The molecule has 19 heavy (non-hydrogen) atoms. The maximum atomic E-state index is 12.1. The predicted molar refractivity (Wildman–Crippen MR) is 77.1 cm³/mol. The van der Waals surface area contributed by atoms with Crippen LogP contribution < -0.4 is 5.32 Å². The summed E-state index contributed by atoms with van der Waals surface area (Å²) in [5.41, 5.74) is 2.04. The average Bonchev–Trinajstić information content (AvgIpc) is 2.98. The molecule has 1 atom stereocenters. The number of carbonyl (C=O) groups excluding carboxylic acids is 1. The van der Waals surface area contributed by atoms with Gasteiger partial charge in [0.2, 0.25) is 5.91 Å². The van der Waals surface area contributed by atoms with Crippen molar-refractivity contribution in [2.24, 2.45) is 0 Å². The number of aromatic nitrogens is 1. The maximum Gasteiger partial charge on any atom is 0.233 e. The molecular weight excluding hydrogens is 260 g/mol. The molecule has 1 amide bonds. The van der Waals surface area contributed by atoms with E-state index >= 15 is 0 Å². The summed E-state index contributed by atoms with van der Waals surface area (Å²) < 4.78 is 5.13. The van der Waals surface area contributed by atoms with Crippen molar-refractivity contribution in [3.8, 4) is 0 Å². The zero-order chi connectivity index (χ0) is 13.8. The normalized spacial score (nSPS) is 17.6. The molecule has 1 N–H and O–H groups in total. The second kappa shape index (κ2) is 6.46. The molecule has 2 rings (SSSR count). The lowest BCUT2D eigenvalue weighted by Crippen LogP contribution is -2.37. The summed E-state index contributed by atoms with van der Waals surface area (Å²) in [6.07, 6.45) is 4.75. The lowest BCUT2D eigenvalue weighted by molar-refractivity contribution is -0.120. The second-order valence-corrected chi connectivity index (χ2v) is 6.58. The minimum atomic E-state index is -0.0331. The summed E-state index contributed by atoms with van der Waals surface area (Å²) in [6, 6.07) is 0.398. The third-order valence-electron chi connectivity index (χ3n) is 3.73. The zero-order valence-corrected chi connectivity index (χ0v) is 12.7. The quantitative estimate of drug-likeness (QED) is 0.902. The molecule has 1 fully saturated rings. The fourth-order valence-corrected chi connectivity index (χ4v) is 3.43. The monoisotopic (exact) mass is 282 g/mol. The number of aryl methyl sites for hydroxylation is 2. The molecule has 1 saturated carbocycles. The topological polar surface area (TPSA) is 55.1 Å². The molecule has 0 bridgehead atoms. The summed E-state index contributed by atoms with van der Waals surface area (Å²) in [5.74, 6) is 1.79. The van der Waals surface area contributed by atoms with Gasteiger partial charge in [0.15, 0.2) is 0 Å². The van der Waals surface area contributed by atoms with Crippen molar-refractivity contribution in [1.29, 1.82) is 0 Å². The smallest absolute Gasteiger partial charge is 0.233 e. The number of hydrogen-bond acceptors (Lipinski definition) is 4. The first-order valence-electron chi connectivity index (χ1n) is 6.91. The van der Waals surface area contributed by atoms with Crippen LogP contribution in [0, 0.1) is 13.8 Å². The van der Waals surface area contributed by atoms with Crippen LogP contribution in [0.3, 0.4) is 0 Å². The highest BCUT2D eigenvalue weighted by Gasteiger charge is 2.21. The van der Waals surface area contributed by atoms with Crippen molar-refractivity contribution >= 4 is 17.7 Å². The summed E-state index contributed by atoms with van der Waals surface area (Å²) >= 11 is 1.64. The summed E-state index contributed by atoms with van der Waals surface area (Å²) in [7, 11) is 0. The van der Waals surface area contributed by atoms with Crippen molar-refractivity contribution in [3.63, 3.8) is 0 Å². The van der Waals surface area contributed by atoms with Gasteiger partial charge in [0.1, 0.15) is 5.76 Å². The lowest BCUT2D eigenvalue weighted by atomic mass is 10.2. The van der Waals surface area contributed by atoms with Crippen molar-refractivity contribution in [3.05, 3.63) is 17.0 Å². The highest BCUT2D eigenvalue weighted by atomic mass is 32.2. The molecule has 0 saturated heterocycles. The number of thioether (sulfide) groups is 1. The molecule has 0 radical (unpaired) electrons. The van der Waals surface area contributed by atoms with E-state index in [0.717, 1.165) is 35.6 Å². The predicted octanol–water partition coefficient (Wildman–Crippen LogP) is 2.97. The van der Waals surface area contributed by atoms with Gasteiger partial charge in [-0.2, -0.15) is 0 Å². The van der Waals surface area contributed by atoms with E-state index in [-0.39, 0.29) is 11.2 Å². The van der Waals surface area contributed by atoms with Crippen molar-refractivity contribution < 1.29 is 9.32 Å². The first kappa shape index (κ1) is 14.4. The molecule has 1 aromatic heterocycles. The Balaban J connectivity index is 1.80. The number of carbonyl (C=O) groups is 1. The Bertz CT molecular complexity index is 419. The van der Waals surface area contributed by atoms with Crippen molar-refractivity contribution in [2.45, 2.75) is 63.5 Å². The molecule has 4 nitrogen and oxygen atoms in total. The Morgan fingerprint density at radius 1 is 1.47 bits per heavy atom. The Labute approximate surface area is 118 Å². The molecule has 0 aliphatic heterocycles. The van der Waals surface area contributed by atoms with Crippen LogP contribution in [0.1, 0.15) is 49.6 Å². The van der Waals surface area contributed by atoms with Crippen LogP contribution in [0.15, 0.2) is 4.52 Å². The lowest BCUT2D eigenvalue weighted by Gasteiger charge is -2.16. The fraction of sp³-hybridized carbons (Fsp3) is 0.714. The van der Waals surface area contributed by atoms with Gasteiger partial charge < -0.3 is 9.84 Å². The van der Waals surface area contributed by atoms with Gasteiger partial charge in [-0.1, -0.05) is 18.0 Å². The first-order valence-corrected chi connectivity index (χ1v) is 7.96. The van der Waals surface area contributed by atoms with Crippen molar-refractivity contribution in [1.82, 2.24) is 10.5 Å². The van der Waals surface area contributed by atoms with E-state index in [9.17, 15) is 4.79 Å².